The fourth-order valence-electron chi connectivity index (χ4n) is 2.00. The van der Waals surface area contributed by atoms with Crippen molar-refractivity contribution in [3.05, 3.63) is 65.7 Å². The van der Waals surface area contributed by atoms with E-state index in [-0.39, 0.29) is 5.78 Å². The number of rotatable bonds is 6. The molecule has 0 spiro atoms. The highest BCUT2D eigenvalue weighted by molar-refractivity contribution is 5.78. The summed E-state index contributed by atoms with van der Waals surface area (Å²) in [6.45, 7) is 1.53. The molecule has 2 aromatic carbocycles. The average Bonchev–Trinajstić information content (AvgIpc) is 2.46. The lowest BCUT2D eigenvalue weighted by Crippen LogP contribution is -2.18. The predicted octanol–water partition coefficient (Wildman–Crippen LogP) is 3.02. The summed E-state index contributed by atoms with van der Waals surface area (Å²) in [6, 6.07) is 15.7. The van der Waals surface area contributed by atoms with Gasteiger partial charge in [-0.25, -0.2) is 4.79 Å². The molecule has 0 aliphatic heterocycles. The van der Waals surface area contributed by atoms with E-state index in [0.29, 0.717) is 17.7 Å². The molecule has 4 heteroatoms. The van der Waals surface area contributed by atoms with E-state index in [0.717, 1.165) is 5.56 Å². The van der Waals surface area contributed by atoms with Crippen LogP contribution in [0.15, 0.2) is 54.6 Å². The topological polar surface area (TPSA) is 63.6 Å². The van der Waals surface area contributed by atoms with Crippen molar-refractivity contribution >= 4 is 11.8 Å². The maximum atomic E-state index is 11.3. The maximum absolute atomic E-state index is 11.3. The number of carbonyl (C=O) groups is 2. The predicted molar refractivity (Wildman–Crippen MR) is 78.3 cm³/mol. The highest BCUT2D eigenvalue weighted by atomic mass is 16.5. The van der Waals surface area contributed by atoms with Gasteiger partial charge in [0.25, 0.3) is 0 Å². The van der Waals surface area contributed by atoms with Gasteiger partial charge in [0, 0.05) is 12.0 Å². The lowest BCUT2D eigenvalue weighted by molar-refractivity contribution is -0.145. The van der Waals surface area contributed by atoms with E-state index in [4.69, 9.17) is 4.74 Å². The molecule has 4 nitrogen and oxygen atoms in total. The Kier molecular flexibility index (Phi) is 4.72. The van der Waals surface area contributed by atoms with Crippen LogP contribution in [0.4, 0.5) is 0 Å². The minimum absolute atomic E-state index is 0.0800. The van der Waals surface area contributed by atoms with E-state index in [2.05, 4.69) is 0 Å². The molecule has 0 fully saturated rings. The van der Waals surface area contributed by atoms with Gasteiger partial charge in [0.1, 0.15) is 11.5 Å². The zero-order valence-corrected chi connectivity index (χ0v) is 11.7. The van der Waals surface area contributed by atoms with Gasteiger partial charge < -0.3 is 9.84 Å². The van der Waals surface area contributed by atoms with Gasteiger partial charge in [0.05, 0.1) is 0 Å². The Morgan fingerprint density at radius 3 is 2.19 bits per heavy atom. The molecule has 0 amide bonds. The quantitative estimate of drug-likeness (QED) is 0.885. The molecule has 0 bridgehead atoms. The number of carboxylic acid groups (broad SMARTS) is 1. The lowest BCUT2D eigenvalue weighted by atomic mass is 10.1. The molecular formula is C17H16O4. The minimum atomic E-state index is -1.05. The molecule has 0 aliphatic carbocycles. The van der Waals surface area contributed by atoms with Gasteiger partial charge in [0.2, 0.25) is 6.10 Å². The fraction of sp³-hybridized carbons (Fsp3) is 0.176. The molecule has 21 heavy (non-hydrogen) atoms. The van der Waals surface area contributed by atoms with Crippen LogP contribution in [0.2, 0.25) is 0 Å². The number of ether oxygens (including phenoxy) is 1. The van der Waals surface area contributed by atoms with Crippen molar-refractivity contribution in [2.45, 2.75) is 19.4 Å². The van der Waals surface area contributed by atoms with Gasteiger partial charge in [0.15, 0.2) is 0 Å². The molecule has 2 rings (SSSR count). The van der Waals surface area contributed by atoms with E-state index >= 15 is 0 Å². The molecule has 0 radical (unpaired) electrons. The monoisotopic (exact) mass is 284 g/mol. The molecule has 0 saturated heterocycles. The second-order valence-corrected chi connectivity index (χ2v) is 4.77. The van der Waals surface area contributed by atoms with E-state index in [1.165, 1.54) is 6.92 Å². The number of hydrogen-bond donors (Lipinski definition) is 1. The molecule has 1 atom stereocenters. The van der Waals surface area contributed by atoms with Crippen LogP contribution in [0.1, 0.15) is 24.2 Å². The van der Waals surface area contributed by atoms with Gasteiger partial charge in [-0.1, -0.05) is 42.5 Å². The number of aliphatic carboxylic acids is 1. The van der Waals surface area contributed by atoms with Crippen LogP contribution < -0.4 is 4.74 Å². The molecule has 1 unspecified atom stereocenters. The van der Waals surface area contributed by atoms with Gasteiger partial charge in [-0.15, -0.1) is 0 Å². The van der Waals surface area contributed by atoms with Gasteiger partial charge in [-0.3, -0.25) is 4.79 Å². The fourth-order valence-corrected chi connectivity index (χ4v) is 2.00. The number of Topliss-reactive ketones (excluding diaryl/α,β-unsaturated/α-hetero) is 1. The first kappa shape index (κ1) is 14.8. The normalized spacial score (nSPS) is 11.7. The summed E-state index contributed by atoms with van der Waals surface area (Å²) in [5.74, 6) is -0.510. The van der Waals surface area contributed by atoms with E-state index in [1.54, 1.807) is 48.5 Å². The van der Waals surface area contributed by atoms with Crippen molar-refractivity contribution in [1.82, 2.24) is 0 Å². The maximum Gasteiger partial charge on any atom is 0.349 e. The second kappa shape index (κ2) is 6.70. The number of benzene rings is 2. The molecule has 2 aromatic rings. The van der Waals surface area contributed by atoms with Crippen molar-refractivity contribution in [2.75, 3.05) is 0 Å². The Balaban J connectivity index is 2.14. The summed E-state index contributed by atoms with van der Waals surface area (Å²) in [5.41, 5.74) is 1.46. The van der Waals surface area contributed by atoms with Crippen LogP contribution >= 0.6 is 0 Å². The molecule has 0 saturated carbocycles. The number of carbonyl (C=O) groups excluding carboxylic acids is 1. The average molecular weight is 284 g/mol. The number of hydrogen-bond acceptors (Lipinski definition) is 3. The summed E-state index contributed by atoms with van der Waals surface area (Å²) in [6.07, 6.45) is -0.689. The van der Waals surface area contributed by atoms with Crippen LogP contribution in [0, 0.1) is 0 Å². The van der Waals surface area contributed by atoms with Crippen molar-refractivity contribution in [1.29, 1.82) is 0 Å². The zero-order chi connectivity index (χ0) is 15.2. The van der Waals surface area contributed by atoms with Crippen molar-refractivity contribution in [3.8, 4) is 5.75 Å². The Bertz CT molecular complexity index is 617. The molecule has 0 aromatic heterocycles. The Labute approximate surface area is 123 Å². The van der Waals surface area contributed by atoms with E-state index in [9.17, 15) is 14.7 Å². The van der Waals surface area contributed by atoms with Crippen LogP contribution in [-0.2, 0) is 16.0 Å². The first-order chi connectivity index (χ1) is 10.1. The Hall–Kier alpha value is -2.62. The van der Waals surface area contributed by atoms with Crippen LogP contribution in [0.3, 0.4) is 0 Å². The van der Waals surface area contributed by atoms with Gasteiger partial charge >= 0.3 is 5.97 Å². The van der Waals surface area contributed by atoms with Crippen LogP contribution in [-0.4, -0.2) is 16.9 Å². The van der Waals surface area contributed by atoms with Gasteiger partial charge in [-0.05, 0) is 24.6 Å². The third-order valence-corrected chi connectivity index (χ3v) is 2.96. The highest BCUT2D eigenvalue weighted by Crippen LogP contribution is 2.22. The summed E-state index contributed by atoms with van der Waals surface area (Å²) >= 11 is 0. The Morgan fingerprint density at radius 2 is 1.67 bits per heavy atom. The second-order valence-electron chi connectivity index (χ2n) is 4.77. The molecular weight excluding hydrogens is 268 g/mol. The Morgan fingerprint density at radius 1 is 1.05 bits per heavy atom. The standard InChI is InChI=1S/C17H16O4/c1-12(18)11-13-7-9-15(10-8-13)21-16(17(19)20)14-5-3-2-4-6-14/h2-10,16H,11H2,1H3,(H,19,20). The number of ketones is 1. The summed E-state index contributed by atoms with van der Waals surface area (Å²) in [4.78, 5) is 22.4. The largest absolute Gasteiger partial charge is 0.478 e. The lowest BCUT2D eigenvalue weighted by Gasteiger charge is -2.15. The first-order valence-corrected chi connectivity index (χ1v) is 6.59. The SMILES string of the molecule is CC(=O)Cc1ccc(OC(C(=O)O)c2ccccc2)cc1. The zero-order valence-electron chi connectivity index (χ0n) is 11.7. The minimum Gasteiger partial charge on any atom is -0.478 e. The van der Waals surface area contributed by atoms with E-state index in [1.807, 2.05) is 6.07 Å². The smallest absolute Gasteiger partial charge is 0.349 e. The molecule has 0 heterocycles. The summed E-state index contributed by atoms with van der Waals surface area (Å²) in [5, 5.41) is 9.29. The van der Waals surface area contributed by atoms with Crippen LogP contribution in [0.5, 0.6) is 5.75 Å². The molecule has 1 N–H and O–H groups in total. The third kappa shape index (κ3) is 4.18. The molecule has 0 aliphatic rings. The van der Waals surface area contributed by atoms with Crippen molar-refractivity contribution in [2.24, 2.45) is 0 Å². The van der Waals surface area contributed by atoms with E-state index < -0.39 is 12.1 Å². The van der Waals surface area contributed by atoms with Crippen molar-refractivity contribution < 1.29 is 19.4 Å². The van der Waals surface area contributed by atoms with Gasteiger partial charge in [-0.2, -0.15) is 0 Å². The molecule has 108 valence electrons. The van der Waals surface area contributed by atoms with Crippen molar-refractivity contribution in [3.63, 3.8) is 0 Å². The summed E-state index contributed by atoms with van der Waals surface area (Å²) < 4.78 is 5.54. The first-order valence-electron chi connectivity index (χ1n) is 6.59. The summed E-state index contributed by atoms with van der Waals surface area (Å²) in [7, 11) is 0. The number of carboxylic acids is 1. The highest BCUT2D eigenvalue weighted by Gasteiger charge is 2.21. The third-order valence-electron chi connectivity index (χ3n) is 2.96. The van der Waals surface area contributed by atoms with Crippen LogP contribution in [0.25, 0.3) is 0 Å².